The summed E-state index contributed by atoms with van der Waals surface area (Å²) in [4.78, 5) is 11.1. The number of hydrogen-bond acceptors (Lipinski definition) is 3. The van der Waals surface area contributed by atoms with Gasteiger partial charge in [-0.15, -0.1) is 0 Å². The summed E-state index contributed by atoms with van der Waals surface area (Å²) in [5.41, 5.74) is 6.54. The van der Waals surface area contributed by atoms with Gasteiger partial charge in [-0.2, -0.15) is 0 Å². The lowest BCUT2D eigenvalue weighted by atomic mass is 10.0. The van der Waals surface area contributed by atoms with Crippen LogP contribution in [0.15, 0.2) is 59.6 Å². The minimum Gasteiger partial charge on any atom is -0.316 e. The van der Waals surface area contributed by atoms with Crippen LogP contribution in [-0.2, 0) is 14.8 Å². The number of sulfonamides is 1. The van der Waals surface area contributed by atoms with Crippen molar-refractivity contribution in [3.63, 3.8) is 0 Å². The lowest BCUT2D eigenvalue weighted by molar-refractivity contribution is -0.117. The third-order valence-corrected chi connectivity index (χ3v) is 5.91. The largest absolute Gasteiger partial charge is 0.316 e. The van der Waals surface area contributed by atoms with Crippen molar-refractivity contribution in [3.05, 3.63) is 71.4 Å². The van der Waals surface area contributed by atoms with Gasteiger partial charge in [0.1, 0.15) is 0 Å². The predicted octanol–water partition coefficient (Wildman–Crippen LogP) is 3.89. The highest BCUT2D eigenvalue weighted by Crippen LogP contribution is 2.28. The van der Waals surface area contributed by atoms with Gasteiger partial charge in [-0.3, -0.25) is 4.79 Å². The second-order valence-corrected chi connectivity index (χ2v) is 8.41. The number of carbonyl (C=O) groups excluding carboxylic acids is 1. The highest BCUT2D eigenvalue weighted by atomic mass is 32.2. The molecule has 2 aromatic carbocycles. The monoisotopic (exact) mass is 382 g/mol. The van der Waals surface area contributed by atoms with E-state index in [0.717, 1.165) is 22.5 Å². The van der Waals surface area contributed by atoms with E-state index >= 15 is 0 Å². The number of aromatic nitrogens is 1. The van der Waals surface area contributed by atoms with Gasteiger partial charge in [0, 0.05) is 18.8 Å². The molecule has 1 N–H and O–H groups in total. The third-order valence-electron chi connectivity index (χ3n) is 4.46. The minimum atomic E-state index is -3.83. The number of carbonyl (C=O) groups is 1. The molecule has 0 fully saturated rings. The molecule has 3 rings (SSSR count). The Kier molecular flexibility index (Phi) is 4.93. The molecule has 3 aromatic rings. The molecule has 1 aromatic heterocycles. The maximum Gasteiger partial charge on any atom is 0.264 e. The molecule has 0 saturated heterocycles. The van der Waals surface area contributed by atoms with Crippen molar-refractivity contribution in [2.45, 2.75) is 32.6 Å². The Morgan fingerprint density at radius 2 is 1.59 bits per heavy atom. The fourth-order valence-corrected chi connectivity index (χ4v) is 3.96. The van der Waals surface area contributed by atoms with E-state index in [1.54, 1.807) is 12.1 Å². The fraction of sp³-hybridized carbons (Fsp3) is 0.190. The molecule has 0 radical (unpaired) electrons. The maximum atomic E-state index is 12.1. The molecule has 0 saturated carbocycles. The Balaban J connectivity index is 2.03. The Morgan fingerprint density at radius 1 is 0.926 bits per heavy atom. The van der Waals surface area contributed by atoms with Crippen LogP contribution >= 0.6 is 0 Å². The van der Waals surface area contributed by atoms with E-state index < -0.39 is 15.9 Å². The molecule has 0 unspecified atom stereocenters. The van der Waals surface area contributed by atoms with Gasteiger partial charge < -0.3 is 4.57 Å². The van der Waals surface area contributed by atoms with Crippen molar-refractivity contribution < 1.29 is 13.2 Å². The van der Waals surface area contributed by atoms with Crippen LogP contribution in [0.5, 0.6) is 0 Å². The first-order valence-electron chi connectivity index (χ1n) is 8.58. The number of hydrogen-bond donors (Lipinski definition) is 1. The Hall–Kier alpha value is -2.86. The van der Waals surface area contributed by atoms with Crippen LogP contribution in [0.3, 0.4) is 0 Å². The van der Waals surface area contributed by atoms with Gasteiger partial charge in [0.2, 0.25) is 5.91 Å². The standard InChI is InChI=1S/C21H22N2O3S/c1-14-11-21(18-6-5-15(2)16(3)12-18)23(13-14)19-7-9-20(10-8-19)27(25,26)22-17(4)24/h5-13H,1-4H3,(H,22,24). The van der Waals surface area contributed by atoms with E-state index in [9.17, 15) is 13.2 Å². The first kappa shape index (κ1) is 18.9. The summed E-state index contributed by atoms with van der Waals surface area (Å²) in [6, 6.07) is 14.9. The summed E-state index contributed by atoms with van der Waals surface area (Å²) in [6.45, 7) is 7.36. The van der Waals surface area contributed by atoms with Crippen molar-refractivity contribution in [3.8, 4) is 16.9 Å². The van der Waals surface area contributed by atoms with E-state index in [1.165, 1.54) is 30.2 Å². The maximum absolute atomic E-state index is 12.1. The summed E-state index contributed by atoms with van der Waals surface area (Å²) in [5, 5.41) is 0. The predicted molar refractivity (Wildman–Crippen MR) is 106 cm³/mol. The van der Waals surface area contributed by atoms with Crippen LogP contribution in [0.1, 0.15) is 23.6 Å². The lowest BCUT2D eigenvalue weighted by Gasteiger charge is -2.12. The van der Waals surface area contributed by atoms with Crippen LogP contribution in [0, 0.1) is 20.8 Å². The molecule has 0 bridgehead atoms. The number of benzene rings is 2. The van der Waals surface area contributed by atoms with E-state index in [1.807, 2.05) is 22.4 Å². The number of amides is 1. The highest BCUT2D eigenvalue weighted by Gasteiger charge is 2.16. The fourth-order valence-electron chi connectivity index (χ4n) is 2.97. The van der Waals surface area contributed by atoms with E-state index in [0.29, 0.717) is 0 Å². The van der Waals surface area contributed by atoms with Crippen molar-refractivity contribution in [2.24, 2.45) is 0 Å². The summed E-state index contributed by atoms with van der Waals surface area (Å²) < 4.78 is 28.2. The van der Waals surface area contributed by atoms with Gasteiger partial charge in [0.15, 0.2) is 0 Å². The van der Waals surface area contributed by atoms with Crippen LogP contribution in [0.2, 0.25) is 0 Å². The lowest BCUT2D eigenvalue weighted by Crippen LogP contribution is -2.28. The average molecular weight is 382 g/mol. The van der Waals surface area contributed by atoms with Crippen LogP contribution in [0.25, 0.3) is 16.9 Å². The molecule has 1 heterocycles. The van der Waals surface area contributed by atoms with Gasteiger partial charge in [0.05, 0.1) is 10.6 Å². The molecule has 0 atom stereocenters. The smallest absolute Gasteiger partial charge is 0.264 e. The number of nitrogens with zero attached hydrogens (tertiary/aromatic N) is 1. The second-order valence-electron chi connectivity index (χ2n) is 6.73. The molecule has 1 amide bonds. The normalized spacial score (nSPS) is 11.4. The zero-order chi connectivity index (χ0) is 19.8. The highest BCUT2D eigenvalue weighted by molar-refractivity contribution is 7.90. The second kappa shape index (κ2) is 7.04. The van der Waals surface area contributed by atoms with E-state index in [2.05, 4.69) is 38.1 Å². The van der Waals surface area contributed by atoms with Crippen molar-refractivity contribution >= 4 is 15.9 Å². The van der Waals surface area contributed by atoms with Crippen molar-refractivity contribution in [1.82, 2.24) is 9.29 Å². The molecular formula is C21H22N2O3S. The van der Waals surface area contributed by atoms with Crippen LogP contribution in [0.4, 0.5) is 0 Å². The molecular weight excluding hydrogens is 360 g/mol. The molecule has 140 valence electrons. The molecule has 6 heteroatoms. The molecule has 0 aliphatic carbocycles. The van der Waals surface area contributed by atoms with Crippen molar-refractivity contribution in [1.29, 1.82) is 0 Å². The third kappa shape index (κ3) is 3.95. The zero-order valence-electron chi connectivity index (χ0n) is 15.8. The van der Waals surface area contributed by atoms with Gasteiger partial charge in [-0.05, 0) is 79.4 Å². The van der Waals surface area contributed by atoms with Crippen molar-refractivity contribution in [2.75, 3.05) is 0 Å². The van der Waals surface area contributed by atoms with Crippen LogP contribution < -0.4 is 4.72 Å². The number of nitrogens with one attached hydrogen (secondary N) is 1. The molecule has 27 heavy (non-hydrogen) atoms. The SMILES string of the molecule is CC(=O)NS(=O)(=O)c1ccc(-n2cc(C)cc2-c2ccc(C)c(C)c2)cc1. The Morgan fingerprint density at radius 3 is 2.19 bits per heavy atom. The first-order chi connectivity index (χ1) is 12.7. The van der Waals surface area contributed by atoms with Gasteiger partial charge in [-0.1, -0.05) is 12.1 Å². The number of rotatable bonds is 4. The van der Waals surface area contributed by atoms with Gasteiger partial charge >= 0.3 is 0 Å². The summed E-state index contributed by atoms with van der Waals surface area (Å²) >= 11 is 0. The van der Waals surface area contributed by atoms with Gasteiger partial charge in [0.25, 0.3) is 10.0 Å². The topological polar surface area (TPSA) is 68.2 Å². The number of aryl methyl sites for hydroxylation is 3. The summed E-state index contributed by atoms with van der Waals surface area (Å²) in [7, 11) is -3.83. The van der Waals surface area contributed by atoms with E-state index in [-0.39, 0.29) is 4.90 Å². The minimum absolute atomic E-state index is 0.0538. The van der Waals surface area contributed by atoms with Crippen LogP contribution in [-0.4, -0.2) is 18.9 Å². The van der Waals surface area contributed by atoms with Gasteiger partial charge in [-0.25, -0.2) is 13.1 Å². The summed E-state index contributed by atoms with van der Waals surface area (Å²) in [6.07, 6.45) is 2.02. The molecule has 0 aliphatic rings. The quantitative estimate of drug-likeness (QED) is 0.744. The average Bonchev–Trinajstić information content (AvgIpc) is 2.98. The molecule has 5 nitrogen and oxygen atoms in total. The zero-order valence-corrected chi connectivity index (χ0v) is 16.6. The first-order valence-corrected chi connectivity index (χ1v) is 10.1. The Bertz CT molecular complexity index is 1110. The van der Waals surface area contributed by atoms with E-state index in [4.69, 9.17) is 0 Å². The summed E-state index contributed by atoms with van der Waals surface area (Å²) in [5.74, 6) is -0.614. The molecule has 0 aliphatic heterocycles. The Labute approximate surface area is 159 Å². The molecule has 0 spiro atoms.